The van der Waals surface area contributed by atoms with Crippen molar-refractivity contribution in [1.82, 2.24) is 0 Å². The Morgan fingerprint density at radius 3 is 1.15 bits per heavy atom. The molecular weight excluding hydrogens is 520 g/mol. The van der Waals surface area contributed by atoms with Gasteiger partial charge in [0.05, 0.1) is 36.5 Å². The minimum Gasteiger partial charge on any atom is -0.427 e. The van der Waals surface area contributed by atoms with Gasteiger partial charge in [0, 0.05) is 12.8 Å². The third kappa shape index (κ3) is 8.23. The molecule has 0 bridgehead atoms. The van der Waals surface area contributed by atoms with Crippen molar-refractivity contribution < 1.29 is 47.6 Å². The van der Waals surface area contributed by atoms with Crippen LogP contribution in [-0.4, -0.2) is 49.3 Å². The first-order valence-corrected chi connectivity index (χ1v) is 12.8. The molecule has 5 rings (SSSR count). The van der Waals surface area contributed by atoms with E-state index in [9.17, 15) is 19.2 Å². The van der Waals surface area contributed by atoms with Crippen LogP contribution in [0.2, 0.25) is 0 Å². The minimum atomic E-state index is -0.602. The predicted octanol–water partition coefficient (Wildman–Crippen LogP) is 4.29. The van der Waals surface area contributed by atoms with E-state index in [1.165, 1.54) is 72.8 Å². The highest BCUT2D eigenvalue weighted by Crippen LogP contribution is 2.22. The second-order valence-corrected chi connectivity index (χ2v) is 9.24. The lowest BCUT2D eigenvalue weighted by molar-refractivity contribution is -0.135. The first kappa shape index (κ1) is 27.0. The van der Waals surface area contributed by atoms with Crippen LogP contribution in [0.4, 0.5) is 0 Å². The fraction of sp³-hybridized carbons (Fsp3) is 0.267. The summed E-state index contributed by atoms with van der Waals surface area (Å²) in [7, 11) is 0. The average molecular weight is 547 g/mol. The Morgan fingerprint density at radius 1 is 0.525 bits per heavy atom. The molecule has 10 heteroatoms. The summed E-state index contributed by atoms with van der Waals surface area (Å²) in [5.74, 6) is -0.757. The number of hydrogen-bond donors (Lipinski definition) is 0. The molecule has 2 unspecified atom stereocenters. The Bertz CT molecular complexity index is 1250. The standard InChI is InChI=1S/C30H26O10/c31-27(15-13-25-17-35-25)37-21-5-1-19(2-6-21)29(33)39-23-9-11-24(12-10-23)40-30(34)20-3-7-22(8-4-20)38-28(32)16-14-26-18-36-26/h1-12,25-26H,13-18H2. The number of carbonyl (C=O) groups is 4. The number of epoxide rings is 2. The van der Waals surface area contributed by atoms with Gasteiger partial charge in [0.25, 0.3) is 0 Å². The Hall–Kier alpha value is -4.54. The molecule has 206 valence electrons. The largest absolute Gasteiger partial charge is 0.427 e. The average Bonchev–Trinajstić information content (AvgIpc) is 3.88. The SMILES string of the molecule is O=C(CCC1CO1)Oc1ccc(C(=O)Oc2ccc(OC(=O)c3ccc(OC(=O)CCC4CO4)cc3)cc2)cc1. The van der Waals surface area contributed by atoms with Gasteiger partial charge in [0.1, 0.15) is 23.0 Å². The van der Waals surface area contributed by atoms with Crippen molar-refractivity contribution in [3.8, 4) is 23.0 Å². The summed E-state index contributed by atoms with van der Waals surface area (Å²) in [4.78, 5) is 48.6. The lowest BCUT2D eigenvalue weighted by Gasteiger charge is -2.08. The molecule has 0 saturated carbocycles. The minimum absolute atomic E-state index is 0.153. The number of benzene rings is 3. The summed E-state index contributed by atoms with van der Waals surface area (Å²) >= 11 is 0. The molecule has 3 aromatic carbocycles. The lowest BCUT2D eigenvalue weighted by Crippen LogP contribution is -2.11. The maximum atomic E-state index is 12.5. The van der Waals surface area contributed by atoms with Crippen LogP contribution >= 0.6 is 0 Å². The van der Waals surface area contributed by atoms with Crippen LogP contribution in [-0.2, 0) is 19.1 Å². The van der Waals surface area contributed by atoms with E-state index < -0.39 is 11.9 Å². The van der Waals surface area contributed by atoms with Crippen LogP contribution < -0.4 is 18.9 Å². The summed E-state index contributed by atoms with van der Waals surface area (Å²) in [6.45, 7) is 1.37. The number of ether oxygens (including phenoxy) is 6. The molecule has 10 nitrogen and oxygen atoms in total. The fourth-order valence-corrected chi connectivity index (χ4v) is 3.62. The molecule has 0 radical (unpaired) electrons. The van der Waals surface area contributed by atoms with Crippen molar-refractivity contribution in [2.24, 2.45) is 0 Å². The normalized spacial score (nSPS) is 16.9. The fourth-order valence-electron chi connectivity index (χ4n) is 3.62. The summed E-state index contributed by atoms with van der Waals surface area (Å²) in [5.41, 5.74) is 0.542. The molecule has 2 saturated heterocycles. The van der Waals surface area contributed by atoms with Crippen LogP contribution in [0.5, 0.6) is 23.0 Å². The van der Waals surface area contributed by atoms with Gasteiger partial charge in [-0.1, -0.05) is 0 Å². The van der Waals surface area contributed by atoms with Gasteiger partial charge in [-0.05, 0) is 85.6 Å². The summed E-state index contributed by atoms with van der Waals surface area (Å²) in [6, 6.07) is 18.1. The van der Waals surface area contributed by atoms with Crippen molar-refractivity contribution in [3.05, 3.63) is 83.9 Å². The van der Waals surface area contributed by atoms with Crippen molar-refractivity contribution in [1.29, 1.82) is 0 Å². The lowest BCUT2D eigenvalue weighted by atomic mass is 10.2. The van der Waals surface area contributed by atoms with Gasteiger partial charge in [-0.3, -0.25) is 9.59 Å². The number of carbonyl (C=O) groups excluding carboxylic acids is 4. The van der Waals surface area contributed by atoms with Gasteiger partial charge in [-0.2, -0.15) is 0 Å². The molecular formula is C30H26O10. The highest BCUT2D eigenvalue weighted by molar-refractivity contribution is 5.92. The monoisotopic (exact) mass is 546 g/mol. The zero-order valence-corrected chi connectivity index (χ0v) is 21.4. The van der Waals surface area contributed by atoms with Crippen molar-refractivity contribution in [2.45, 2.75) is 37.9 Å². The number of hydrogen-bond acceptors (Lipinski definition) is 10. The molecule has 2 aliphatic heterocycles. The molecule has 2 aliphatic rings. The van der Waals surface area contributed by atoms with E-state index >= 15 is 0 Å². The zero-order valence-electron chi connectivity index (χ0n) is 21.4. The third-order valence-electron chi connectivity index (χ3n) is 6.03. The van der Waals surface area contributed by atoms with Crippen LogP contribution in [0, 0.1) is 0 Å². The van der Waals surface area contributed by atoms with Gasteiger partial charge in [-0.25, -0.2) is 9.59 Å². The molecule has 3 aromatic rings. The van der Waals surface area contributed by atoms with E-state index in [2.05, 4.69) is 0 Å². The van der Waals surface area contributed by atoms with Crippen LogP contribution in [0.15, 0.2) is 72.8 Å². The van der Waals surface area contributed by atoms with Crippen molar-refractivity contribution in [3.63, 3.8) is 0 Å². The Kier molecular flexibility index (Phi) is 8.48. The van der Waals surface area contributed by atoms with Gasteiger partial charge in [0.2, 0.25) is 0 Å². The van der Waals surface area contributed by atoms with E-state index in [1.54, 1.807) is 0 Å². The van der Waals surface area contributed by atoms with Gasteiger partial charge in [-0.15, -0.1) is 0 Å². The molecule has 2 heterocycles. The van der Waals surface area contributed by atoms with Gasteiger partial charge in [0.15, 0.2) is 0 Å². The predicted molar refractivity (Wildman–Crippen MR) is 138 cm³/mol. The summed E-state index contributed by atoms with van der Waals surface area (Å²) in [6.07, 6.45) is 2.09. The zero-order chi connectivity index (χ0) is 27.9. The van der Waals surface area contributed by atoms with E-state index in [1.807, 2.05) is 0 Å². The third-order valence-corrected chi connectivity index (χ3v) is 6.03. The first-order chi connectivity index (χ1) is 19.4. The smallest absolute Gasteiger partial charge is 0.343 e. The highest BCUT2D eigenvalue weighted by atomic mass is 16.6. The van der Waals surface area contributed by atoms with Crippen LogP contribution in [0.25, 0.3) is 0 Å². The Labute approximate surface area is 229 Å². The van der Waals surface area contributed by atoms with E-state index in [-0.39, 0.29) is 59.6 Å². The molecule has 0 aliphatic carbocycles. The van der Waals surface area contributed by atoms with Crippen molar-refractivity contribution in [2.75, 3.05) is 13.2 Å². The number of rotatable bonds is 12. The van der Waals surface area contributed by atoms with E-state index in [0.717, 1.165) is 0 Å². The topological polar surface area (TPSA) is 130 Å². The van der Waals surface area contributed by atoms with E-state index in [4.69, 9.17) is 28.4 Å². The maximum Gasteiger partial charge on any atom is 0.343 e. The second kappa shape index (κ2) is 12.5. The molecule has 0 spiro atoms. The van der Waals surface area contributed by atoms with Gasteiger partial charge < -0.3 is 28.4 Å². The maximum absolute atomic E-state index is 12.5. The second-order valence-electron chi connectivity index (χ2n) is 9.24. The van der Waals surface area contributed by atoms with Gasteiger partial charge >= 0.3 is 23.9 Å². The number of esters is 4. The summed E-state index contributed by atoms with van der Waals surface area (Å²) in [5, 5.41) is 0. The summed E-state index contributed by atoms with van der Waals surface area (Å²) < 4.78 is 31.4. The molecule has 2 atom stereocenters. The van der Waals surface area contributed by atoms with E-state index in [0.29, 0.717) is 37.6 Å². The Morgan fingerprint density at radius 2 is 0.825 bits per heavy atom. The molecule has 40 heavy (non-hydrogen) atoms. The van der Waals surface area contributed by atoms with Crippen molar-refractivity contribution >= 4 is 23.9 Å². The molecule has 2 fully saturated rings. The Balaban J connectivity index is 1.07. The highest BCUT2D eigenvalue weighted by Gasteiger charge is 2.24. The quantitative estimate of drug-likeness (QED) is 0.184. The van der Waals surface area contributed by atoms with Crippen LogP contribution in [0.1, 0.15) is 46.4 Å². The molecule has 0 aromatic heterocycles. The molecule has 0 amide bonds. The molecule has 0 N–H and O–H groups in total. The first-order valence-electron chi connectivity index (χ1n) is 12.8. The van der Waals surface area contributed by atoms with Crippen LogP contribution in [0.3, 0.4) is 0 Å².